The minimum atomic E-state index is -0.906. The SMILES string of the molecule is CCOc1c(/C(C)=C/c2ccc(C(=O)O)cc2)c(C)cc2c1C(C)(C)CCC2(C)C. The number of hydrogen-bond donors (Lipinski definition) is 1. The van der Waals surface area contributed by atoms with E-state index in [1.54, 1.807) is 12.1 Å². The minimum absolute atomic E-state index is 0.0568. The molecule has 0 atom stereocenters. The van der Waals surface area contributed by atoms with Crippen molar-refractivity contribution in [3.8, 4) is 5.75 Å². The zero-order valence-corrected chi connectivity index (χ0v) is 19.3. The number of carboxylic acids is 1. The quantitative estimate of drug-likeness (QED) is 0.544. The van der Waals surface area contributed by atoms with Crippen molar-refractivity contribution in [1.82, 2.24) is 0 Å². The van der Waals surface area contributed by atoms with Gasteiger partial charge in [0.25, 0.3) is 0 Å². The third-order valence-corrected chi connectivity index (χ3v) is 6.48. The number of aryl methyl sites for hydroxylation is 1. The summed E-state index contributed by atoms with van der Waals surface area (Å²) >= 11 is 0. The summed E-state index contributed by atoms with van der Waals surface area (Å²) < 4.78 is 6.34. The van der Waals surface area contributed by atoms with Crippen LogP contribution in [0.2, 0.25) is 0 Å². The Bertz CT molecular complexity index is 992. The number of rotatable bonds is 5. The van der Waals surface area contributed by atoms with Gasteiger partial charge < -0.3 is 9.84 Å². The second-order valence-corrected chi connectivity index (χ2v) is 9.78. The van der Waals surface area contributed by atoms with Gasteiger partial charge in [-0.2, -0.15) is 0 Å². The van der Waals surface area contributed by atoms with Crippen LogP contribution >= 0.6 is 0 Å². The van der Waals surface area contributed by atoms with Gasteiger partial charge in [0.15, 0.2) is 0 Å². The Labute approximate surface area is 180 Å². The van der Waals surface area contributed by atoms with Gasteiger partial charge in [-0.25, -0.2) is 4.79 Å². The average Bonchev–Trinajstić information content (AvgIpc) is 2.65. The lowest BCUT2D eigenvalue weighted by Gasteiger charge is -2.43. The second kappa shape index (κ2) is 7.94. The number of allylic oxidation sites excluding steroid dienone is 1. The molecule has 3 rings (SSSR count). The second-order valence-electron chi connectivity index (χ2n) is 9.78. The predicted octanol–water partition coefficient (Wildman–Crippen LogP) is 7.00. The first kappa shape index (κ1) is 22.1. The van der Waals surface area contributed by atoms with Crippen molar-refractivity contribution in [3.05, 3.63) is 63.7 Å². The molecule has 1 aliphatic rings. The Hall–Kier alpha value is -2.55. The van der Waals surface area contributed by atoms with Crippen molar-refractivity contribution in [3.63, 3.8) is 0 Å². The molecule has 0 amide bonds. The molecule has 1 N–H and O–H groups in total. The van der Waals surface area contributed by atoms with E-state index in [0.29, 0.717) is 12.2 Å². The number of carbonyl (C=O) groups is 1. The summed E-state index contributed by atoms with van der Waals surface area (Å²) in [6.45, 7) is 16.3. The van der Waals surface area contributed by atoms with E-state index in [2.05, 4.69) is 53.7 Å². The van der Waals surface area contributed by atoms with E-state index in [1.807, 2.05) is 19.1 Å². The topological polar surface area (TPSA) is 46.5 Å². The number of fused-ring (bicyclic) bond motifs is 1. The highest BCUT2D eigenvalue weighted by Crippen LogP contribution is 2.52. The van der Waals surface area contributed by atoms with Gasteiger partial charge in [-0.05, 0) is 78.8 Å². The van der Waals surface area contributed by atoms with E-state index in [9.17, 15) is 4.79 Å². The van der Waals surface area contributed by atoms with E-state index in [4.69, 9.17) is 9.84 Å². The number of aromatic carboxylic acids is 1. The third-order valence-electron chi connectivity index (χ3n) is 6.48. The molecule has 0 saturated heterocycles. The Morgan fingerprint density at radius 2 is 1.70 bits per heavy atom. The molecule has 30 heavy (non-hydrogen) atoms. The first-order valence-electron chi connectivity index (χ1n) is 10.8. The number of carboxylic acid groups (broad SMARTS) is 1. The first-order valence-corrected chi connectivity index (χ1v) is 10.8. The fourth-order valence-corrected chi connectivity index (χ4v) is 4.70. The predicted molar refractivity (Wildman–Crippen MR) is 125 cm³/mol. The molecule has 0 fully saturated rings. The maximum atomic E-state index is 11.1. The molecule has 0 heterocycles. The van der Waals surface area contributed by atoms with E-state index >= 15 is 0 Å². The van der Waals surface area contributed by atoms with Gasteiger partial charge in [0.05, 0.1) is 12.2 Å². The van der Waals surface area contributed by atoms with Gasteiger partial charge in [-0.15, -0.1) is 0 Å². The van der Waals surface area contributed by atoms with Crippen molar-refractivity contribution >= 4 is 17.6 Å². The molecule has 2 aromatic rings. The van der Waals surface area contributed by atoms with Crippen LogP contribution in [-0.4, -0.2) is 17.7 Å². The standard InChI is InChI=1S/C27H34O3/c1-8-30-24-22(17(2)15-19-9-11-20(12-10-19)25(28)29)18(3)16-21-23(24)27(6,7)14-13-26(21,4)5/h9-12,15-16H,8,13-14H2,1-7H3,(H,28,29)/b17-15+. The molecule has 0 aliphatic heterocycles. The number of benzene rings is 2. The molecule has 160 valence electrons. The van der Waals surface area contributed by atoms with Crippen LogP contribution in [0, 0.1) is 6.92 Å². The van der Waals surface area contributed by atoms with Crippen LogP contribution in [0.3, 0.4) is 0 Å². The Morgan fingerprint density at radius 1 is 1.10 bits per heavy atom. The van der Waals surface area contributed by atoms with Crippen LogP contribution in [0.15, 0.2) is 30.3 Å². The van der Waals surface area contributed by atoms with Crippen molar-refractivity contribution in [2.24, 2.45) is 0 Å². The molecule has 0 bridgehead atoms. The lowest BCUT2D eigenvalue weighted by Crippen LogP contribution is -2.35. The number of ether oxygens (including phenoxy) is 1. The monoisotopic (exact) mass is 406 g/mol. The van der Waals surface area contributed by atoms with Crippen molar-refractivity contribution in [2.45, 2.75) is 72.1 Å². The van der Waals surface area contributed by atoms with Gasteiger partial charge in [-0.1, -0.05) is 52.0 Å². The molecule has 2 aromatic carbocycles. The van der Waals surface area contributed by atoms with E-state index in [-0.39, 0.29) is 10.8 Å². The van der Waals surface area contributed by atoms with Crippen LogP contribution < -0.4 is 4.74 Å². The lowest BCUT2D eigenvalue weighted by atomic mass is 9.62. The fourth-order valence-electron chi connectivity index (χ4n) is 4.70. The van der Waals surface area contributed by atoms with E-state index < -0.39 is 5.97 Å². The summed E-state index contributed by atoms with van der Waals surface area (Å²) in [4.78, 5) is 11.1. The van der Waals surface area contributed by atoms with Crippen molar-refractivity contribution in [1.29, 1.82) is 0 Å². The summed E-state index contributed by atoms with van der Waals surface area (Å²) in [5.74, 6) is 0.109. The number of hydrogen-bond acceptors (Lipinski definition) is 2. The van der Waals surface area contributed by atoms with Gasteiger partial charge in [-0.3, -0.25) is 0 Å². The average molecular weight is 407 g/mol. The van der Waals surface area contributed by atoms with Crippen LogP contribution in [-0.2, 0) is 10.8 Å². The maximum Gasteiger partial charge on any atom is 0.335 e. The van der Waals surface area contributed by atoms with Crippen LogP contribution in [0.4, 0.5) is 0 Å². The molecule has 0 aromatic heterocycles. The highest BCUT2D eigenvalue weighted by Gasteiger charge is 2.40. The first-order chi connectivity index (χ1) is 14.0. The molecule has 3 nitrogen and oxygen atoms in total. The van der Waals surface area contributed by atoms with E-state index in [0.717, 1.165) is 28.9 Å². The Kier molecular flexibility index (Phi) is 5.86. The lowest BCUT2D eigenvalue weighted by molar-refractivity contribution is 0.0697. The molecular formula is C27H34O3. The largest absolute Gasteiger partial charge is 0.493 e. The zero-order valence-electron chi connectivity index (χ0n) is 19.3. The third kappa shape index (κ3) is 4.03. The smallest absolute Gasteiger partial charge is 0.335 e. The highest BCUT2D eigenvalue weighted by molar-refractivity contribution is 5.89. The van der Waals surface area contributed by atoms with Gasteiger partial charge in [0, 0.05) is 11.1 Å². The fraction of sp³-hybridized carbons (Fsp3) is 0.444. The maximum absolute atomic E-state index is 11.1. The van der Waals surface area contributed by atoms with Crippen molar-refractivity contribution < 1.29 is 14.6 Å². The molecule has 0 spiro atoms. The highest BCUT2D eigenvalue weighted by atomic mass is 16.5. The molecule has 3 heteroatoms. The Morgan fingerprint density at radius 3 is 2.27 bits per heavy atom. The van der Waals surface area contributed by atoms with Gasteiger partial charge >= 0.3 is 5.97 Å². The summed E-state index contributed by atoms with van der Waals surface area (Å²) in [7, 11) is 0. The summed E-state index contributed by atoms with van der Waals surface area (Å²) in [6, 6.07) is 9.37. The Balaban J connectivity index is 2.20. The van der Waals surface area contributed by atoms with Crippen molar-refractivity contribution in [2.75, 3.05) is 6.61 Å². The normalized spacial score (nSPS) is 17.4. The molecule has 0 saturated carbocycles. The van der Waals surface area contributed by atoms with E-state index in [1.165, 1.54) is 23.1 Å². The summed E-state index contributed by atoms with van der Waals surface area (Å²) in [5.41, 5.74) is 7.72. The van der Waals surface area contributed by atoms with Crippen LogP contribution in [0.5, 0.6) is 5.75 Å². The molecule has 0 radical (unpaired) electrons. The van der Waals surface area contributed by atoms with Crippen LogP contribution in [0.1, 0.15) is 92.6 Å². The molecular weight excluding hydrogens is 372 g/mol. The van der Waals surface area contributed by atoms with Gasteiger partial charge in [0.2, 0.25) is 0 Å². The minimum Gasteiger partial charge on any atom is -0.493 e. The molecule has 0 unspecified atom stereocenters. The van der Waals surface area contributed by atoms with Gasteiger partial charge in [0.1, 0.15) is 5.75 Å². The molecule has 1 aliphatic carbocycles. The van der Waals surface area contributed by atoms with Crippen LogP contribution in [0.25, 0.3) is 11.6 Å². The summed E-state index contributed by atoms with van der Waals surface area (Å²) in [6.07, 6.45) is 4.42. The summed E-state index contributed by atoms with van der Waals surface area (Å²) in [5, 5.41) is 9.14. The zero-order chi connectivity index (χ0) is 22.3.